The van der Waals surface area contributed by atoms with Gasteiger partial charge in [-0.1, -0.05) is 29.4 Å². The van der Waals surface area contributed by atoms with Crippen LogP contribution in [0.25, 0.3) is 6.08 Å². The van der Waals surface area contributed by atoms with Crippen LogP contribution in [0.5, 0.6) is 17.2 Å². The lowest BCUT2D eigenvalue weighted by atomic mass is 9.44. The molecule has 7 aliphatic rings. The number of ketones is 2. The third-order valence-corrected chi connectivity index (χ3v) is 13.5. The molecule has 322 valence electrons. The molecule has 2 N–H and O–H groups in total. The highest BCUT2D eigenvalue weighted by atomic mass is 16.6. The second kappa shape index (κ2) is 16.6. The van der Waals surface area contributed by atoms with Gasteiger partial charge in [0.05, 0.1) is 44.0 Å². The summed E-state index contributed by atoms with van der Waals surface area (Å²) in [6, 6.07) is -0.471. The molecule has 59 heavy (non-hydrogen) atoms. The van der Waals surface area contributed by atoms with E-state index in [0.717, 1.165) is 24.0 Å². The summed E-state index contributed by atoms with van der Waals surface area (Å²) in [6.07, 6.45) is 12.6. The zero-order valence-corrected chi connectivity index (χ0v) is 36.5. The monoisotopic (exact) mass is 816 g/mol. The number of ether oxygens (including phenoxy) is 6. The van der Waals surface area contributed by atoms with Gasteiger partial charge < -0.3 is 38.8 Å². The lowest BCUT2D eigenvalue weighted by Gasteiger charge is -2.64. The molecule has 2 saturated heterocycles. The molecule has 4 bridgehead atoms. The summed E-state index contributed by atoms with van der Waals surface area (Å²) in [5, 5.41) is 12.6. The normalized spacial score (nSPS) is 31.4. The molecular formula is C47H64N2O10. The van der Waals surface area contributed by atoms with E-state index >= 15 is 9.59 Å². The quantitative estimate of drug-likeness (QED) is 0.0933. The van der Waals surface area contributed by atoms with Gasteiger partial charge in [-0.2, -0.15) is 0 Å². The number of hydrogen-bond acceptors (Lipinski definition) is 12. The van der Waals surface area contributed by atoms with E-state index in [1.54, 1.807) is 13.0 Å². The third-order valence-electron chi connectivity index (χ3n) is 13.5. The Hall–Kier alpha value is -3.81. The first-order valence-corrected chi connectivity index (χ1v) is 21.4. The van der Waals surface area contributed by atoms with E-state index < -0.39 is 46.3 Å². The fourth-order valence-electron chi connectivity index (χ4n) is 10.8. The first-order valence-electron chi connectivity index (χ1n) is 21.4. The Kier molecular flexibility index (Phi) is 12.2. The number of esters is 1. The Morgan fingerprint density at radius 3 is 2.41 bits per heavy atom. The van der Waals surface area contributed by atoms with Crippen LogP contribution in [0, 0.1) is 17.8 Å². The number of aliphatic hydroxyl groups is 1. The summed E-state index contributed by atoms with van der Waals surface area (Å²) >= 11 is 0. The molecule has 7 atom stereocenters. The molecule has 0 radical (unpaired) electrons. The Balaban J connectivity index is 1.50. The van der Waals surface area contributed by atoms with Crippen LogP contribution in [0.15, 0.2) is 41.0 Å². The fourth-order valence-corrected chi connectivity index (χ4v) is 10.8. The highest BCUT2D eigenvalue weighted by Gasteiger charge is 2.86. The number of nitrogens with zero attached hydrogens (tertiary/aromatic N) is 1. The van der Waals surface area contributed by atoms with Crippen molar-refractivity contribution in [1.29, 1.82) is 0 Å². The molecule has 7 unspecified atom stereocenters. The van der Waals surface area contributed by atoms with Crippen LogP contribution in [0.1, 0.15) is 103 Å². The van der Waals surface area contributed by atoms with E-state index in [2.05, 4.69) is 49.2 Å². The van der Waals surface area contributed by atoms with Gasteiger partial charge in [0.15, 0.2) is 22.8 Å². The van der Waals surface area contributed by atoms with Crippen molar-refractivity contribution in [3.05, 3.63) is 57.7 Å². The van der Waals surface area contributed by atoms with Crippen LogP contribution in [0.2, 0.25) is 0 Å². The predicted octanol–water partition coefficient (Wildman–Crippen LogP) is 5.97. The largest absolute Gasteiger partial charge is 0.491 e. The van der Waals surface area contributed by atoms with Gasteiger partial charge in [0.2, 0.25) is 0 Å². The second-order valence-electron chi connectivity index (χ2n) is 18.4. The number of morpholine rings is 1. The second-order valence-corrected chi connectivity index (χ2v) is 18.4. The molecule has 0 aromatic heterocycles. The van der Waals surface area contributed by atoms with Crippen molar-refractivity contribution >= 4 is 23.6 Å². The maximum Gasteiger partial charge on any atom is 0.333 e. The van der Waals surface area contributed by atoms with Crippen LogP contribution in [-0.2, 0) is 30.2 Å². The molecule has 12 nitrogen and oxygen atoms in total. The van der Waals surface area contributed by atoms with Crippen molar-refractivity contribution < 1.29 is 47.9 Å². The van der Waals surface area contributed by atoms with Gasteiger partial charge in [0, 0.05) is 61.6 Å². The van der Waals surface area contributed by atoms with E-state index in [1.807, 2.05) is 33.8 Å². The number of aliphatic hydroxyl groups excluding tert-OH is 1. The topological polar surface area (TPSA) is 142 Å². The molecule has 1 aromatic rings. The van der Waals surface area contributed by atoms with E-state index in [9.17, 15) is 9.90 Å². The maximum atomic E-state index is 16.2. The van der Waals surface area contributed by atoms with Crippen molar-refractivity contribution in [2.24, 2.45) is 17.8 Å². The molecule has 3 aliphatic carbocycles. The Morgan fingerprint density at radius 2 is 1.73 bits per heavy atom. The Labute approximate surface area is 349 Å². The molecule has 1 spiro atoms. The molecule has 1 aromatic carbocycles. The number of fused-ring (bicyclic) bond motifs is 2. The zero-order valence-electron chi connectivity index (χ0n) is 36.5. The number of Topliss-reactive ketones (excluding diaryl/α,β-unsaturated/α-hetero) is 2. The number of rotatable bonds is 15. The van der Waals surface area contributed by atoms with E-state index in [4.69, 9.17) is 28.4 Å². The maximum absolute atomic E-state index is 16.2. The molecule has 0 amide bonds. The van der Waals surface area contributed by atoms with Crippen LogP contribution < -0.4 is 19.5 Å². The molecule has 4 heterocycles. The minimum atomic E-state index is -1.58. The van der Waals surface area contributed by atoms with Crippen molar-refractivity contribution in [2.75, 3.05) is 59.7 Å². The number of nitrogens with one attached hydrogen (secondary N) is 1. The van der Waals surface area contributed by atoms with Gasteiger partial charge in [-0.15, -0.1) is 0 Å². The number of allylic oxidation sites excluding steroid dienone is 4. The van der Waals surface area contributed by atoms with Crippen molar-refractivity contribution in [3.63, 3.8) is 0 Å². The highest BCUT2D eigenvalue weighted by molar-refractivity contribution is 6.10. The van der Waals surface area contributed by atoms with Gasteiger partial charge in [-0.3, -0.25) is 14.5 Å². The van der Waals surface area contributed by atoms with Gasteiger partial charge in [-0.25, -0.2) is 4.79 Å². The van der Waals surface area contributed by atoms with Crippen LogP contribution in [-0.4, -0.2) is 116 Å². The van der Waals surface area contributed by atoms with Crippen molar-refractivity contribution in [1.82, 2.24) is 10.2 Å². The fraction of sp³-hybridized carbons (Fsp3) is 0.638. The van der Waals surface area contributed by atoms with Gasteiger partial charge in [0.1, 0.15) is 35.0 Å². The zero-order chi connectivity index (χ0) is 42.5. The van der Waals surface area contributed by atoms with Crippen LogP contribution in [0.3, 0.4) is 0 Å². The lowest BCUT2D eigenvalue weighted by molar-refractivity contribution is -0.216. The van der Waals surface area contributed by atoms with Crippen molar-refractivity contribution in [2.45, 2.75) is 116 Å². The van der Waals surface area contributed by atoms with E-state index in [0.29, 0.717) is 86.2 Å². The average Bonchev–Trinajstić information content (AvgIpc) is 3.34. The number of hydrogen-bond donors (Lipinski definition) is 2. The number of carbonyl (C=O) groups is 3. The molecule has 8 rings (SSSR count). The number of methoxy groups -OCH3 is 1. The van der Waals surface area contributed by atoms with E-state index in [-0.39, 0.29) is 37.1 Å². The minimum absolute atomic E-state index is 0.0135. The third kappa shape index (κ3) is 7.30. The summed E-state index contributed by atoms with van der Waals surface area (Å²) in [4.78, 5) is 46.7. The lowest BCUT2D eigenvalue weighted by Crippen LogP contribution is -2.82. The Bertz CT molecular complexity index is 1970. The summed E-state index contributed by atoms with van der Waals surface area (Å²) in [7, 11) is 1.33. The molecule has 4 aliphatic heterocycles. The smallest absolute Gasteiger partial charge is 0.333 e. The predicted molar refractivity (Wildman–Crippen MR) is 224 cm³/mol. The Morgan fingerprint density at radius 1 is 1.00 bits per heavy atom. The summed E-state index contributed by atoms with van der Waals surface area (Å²) in [5.74, 6) is -1.08. The summed E-state index contributed by atoms with van der Waals surface area (Å²) in [5.41, 5.74) is -0.137. The molecular weight excluding hydrogens is 753 g/mol. The summed E-state index contributed by atoms with van der Waals surface area (Å²) in [6.45, 7) is 19.2. The first-order chi connectivity index (χ1) is 28.1. The number of carbonyl (C=O) groups excluding carboxylic acids is 3. The number of benzene rings is 1. The standard InChI is InChI=1S/C47H64N2O10/c1-28(2)11-10-16-45(8)17-15-32-39(57-45)31(13-12-29(3)4)41-35(40(32)56-24-20-48-19-23-50)38(51)36-37(49-21-25-55-26-22-49)33-27-34-44(6,7)59-46(42(33)52,47(34,36)58-41)18-14-30(5)43(53)54-9/h11-12,14-15,17,33-34,36-37,48,50H,10,13,16,18-27H2,1-9H3. The molecule has 3 saturated carbocycles. The van der Waals surface area contributed by atoms with Crippen LogP contribution >= 0.6 is 0 Å². The first kappa shape index (κ1) is 43.3. The molecule has 12 heteroatoms. The van der Waals surface area contributed by atoms with Gasteiger partial charge in [-0.05, 0) is 93.2 Å². The SMILES string of the molecule is COC(=O)C(C)=CCC12OC(C)(C)C3CC(C1=O)C(N1CCOCC1)C1C(=O)c4c(OCCNCCO)c5c(c(CC=C(C)C)c4OC132)OC(C)(CCC=C(C)C)C=C5. The minimum Gasteiger partial charge on any atom is -0.491 e. The van der Waals surface area contributed by atoms with Crippen LogP contribution in [0.4, 0.5) is 0 Å². The van der Waals surface area contributed by atoms with Gasteiger partial charge in [0.25, 0.3) is 0 Å². The summed E-state index contributed by atoms with van der Waals surface area (Å²) < 4.78 is 39.6. The molecule has 5 fully saturated rings. The van der Waals surface area contributed by atoms with Gasteiger partial charge >= 0.3 is 5.97 Å². The highest BCUT2D eigenvalue weighted by Crippen LogP contribution is 2.71. The average molecular weight is 817 g/mol. The van der Waals surface area contributed by atoms with E-state index in [1.165, 1.54) is 12.7 Å². The van der Waals surface area contributed by atoms with Crippen molar-refractivity contribution in [3.8, 4) is 17.2 Å².